The molecule has 1 amide bonds. The molecule has 0 aromatic heterocycles. The fraction of sp³-hybridized carbons (Fsp3) is 0.889. The molecule has 0 radical (unpaired) electrons. The average Bonchev–Trinajstić information content (AvgIpc) is 2.48. The summed E-state index contributed by atoms with van der Waals surface area (Å²) < 4.78 is 0. The predicted molar refractivity (Wildman–Crippen MR) is 101 cm³/mol. The second kappa shape index (κ2) is 9.87. The molecule has 1 aliphatic rings. The van der Waals surface area contributed by atoms with E-state index in [-0.39, 0.29) is 18.0 Å². The van der Waals surface area contributed by atoms with Gasteiger partial charge < -0.3 is 16.0 Å². The average molecular weight is 340 g/mol. The largest absolute Gasteiger partial charge is 0.357 e. The fourth-order valence-electron chi connectivity index (χ4n) is 2.79. The minimum absolute atomic E-state index is 0.0576. The molecule has 6 heteroatoms. The van der Waals surface area contributed by atoms with Crippen LogP contribution in [0.2, 0.25) is 0 Å². The Labute approximate surface area is 147 Å². The molecule has 0 bridgehead atoms. The first-order valence-corrected chi connectivity index (χ1v) is 9.28. The van der Waals surface area contributed by atoms with Crippen LogP contribution in [0.15, 0.2) is 4.99 Å². The second-order valence-electron chi connectivity index (χ2n) is 7.94. The third-order valence-corrected chi connectivity index (χ3v) is 4.25. The number of carbonyl (C=O) groups excluding carboxylic acids is 1. The molecule has 3 N–H and O–H groups in total. The van der Waals surface area contributed by atoms with Crippen LogP contribution >= 0.6 is 0 Å². The maximum Gasteiger partial charge on any atom is 0.242 e. The Balaban J connectivity index is 2.44. The summed E-state index contributed by atoms with van der Waals surface area (Å²) in [4.78, 5) is 18.8. The fourth-order valence-corrected chi connectivity index (χ4v) is 2.79. The Bertz CT molecular complexity index is 408. The van der Waals surface area contributed by atoms with E-state index in [0.717, 1.165) is 19.0 Å². The van der Waals surface area contributed by atoms with Crippen molar-refractivity contribution < 1.29 is 4.79 Å². The van der Waals surface area contributed by atoms with E-state index in [1.54, 1.807) is 0 Å². The second-order valence-corrected chi connectivity index (χ2v) is 7.94. The third kappa shape index (κ3) is 8.52. The highest BCUT2D eigenvalue weighted by molar-refractivity contribution is 5.85. The molecular weight excluding hydrogens is 302 g/mol. The molecule has 0 spiro atoms. The summed E-state index contributed by atoms with van der Waals surface area (Å²) >= 11 is 0. The maximum absolute atomic E-state index is 11.9. The number of hydrogen-bond donors (Lipinski definition) is 3. The van der Waals surface area contributed by atoms with Gasteiger partial charge >= 0.3 is 0 Å². The van der Waals surface area contributed by atoms with Crippen molar-refractivity contribution in [3.63, 3.8) is 0 Å². The minimum Gasteiger partial charge on any atom is -0.357 e. The molecule has 1 unspecified atom stereocenters. The molecular formula is C18H37N5O. The number of aliphatic imine (C=N–C) groups is 1. The van der Waals surface area contributed by atoms with Crippen LogP contribution in [0.3, 0.4) is 0 Å². The molecule has 0 aromatic rings. The first kappa shape index (κ1) is 20.7. The molecule has 24 heavy (non-hydrogen) atoms. The Morgan fingerprint density at radius 1 is 1.25 bits per heavy atom. The molecule has 0 saturated carbocycles. The van der Waals surface area contributed by atoms with Gasteiger partial charge in [0.15, 0.2) is 5.96 Å². The van der Waals surface area contributed by atoms with Crippen molar-refractivity contribution >= 4 is 11.9 Å². The SMILES string of the molecule is CCNC(=NCC(=O)NC(C)(C)C)NCC(C)N1CCC(C)CC1. The Morgan fingerprint density at radius 3 is 2.42 bits per heavy atom. The van der Waals surface area contributed by atoms with E-state index in [9.17, 15) is 4.79 Å². The van der Waals surface area contributed by atoms with Gasteiger partial charge in [-0.3, -0.25) is 9.69 Å². The van der Waals surface area contributed by atoms with Crippen LogP contribution in [-0.4, -0.2) is 61.1 Å². The highest BCUT2D eigenvalue weighted by atomic mass is 16.2. The van der Waals surface area contributed by atoms with Gasteiger partial charge in [0.2, 0.25) is 5.91 Å². The van der Waals surface area contributed by atoms with E-state index in [4.69, 9.17) is 0 Å². The number of nitrogens with zero attached hydrogens (tertiary/aromatic N) is 2. The van der Waals surface area contributed by atoms with E-state index in [1.807, 2.05) is 27.7 Å². The van der Waals surface area contributed by atoms with Crippen LogP contribution in [0.5, 0.6) is 0 Å². The van der Waals surface area contributed by atoms with E-state index in [2.05, 4.69) is 39.7 Å². The number of guanidine groups is 1. The van der Waals surface area contributed by atoms with Crippen molar-refractivity contribution in [2.75, 3.05) is 32.7 Å². The van der Waals surface area contributed by atoms with Gasteiger partial charge in [-0.05, 0) is 66.5 Å². The summed E-state index contributed by atoms with van der Waals surface area (Å²) in [5.41, 5.74) is -0.224. The number of likely N-dealkylation sites (tertiary alicyclic amines) is 1. The van der Waals surface area contributed by atoms with Crippen LogP contribution < -0.4 is 16.0 Å². The molecule has 1 aliphatic heterocycles. The van der Waals surface area contributed by atoms with E-state index in [1.165, 1.54) is 25.9 Å². The Hall–Kier alpha value is -1.30. The van der Waals surface area contributed by atoms with Gasteiger partial charge in [-0.25, -0.2) is 4.99 Å². The van der Waals surface area contributed by atoms with Crippen molar-refractivity contribution in [3.8, 4) is 0 Å². The van der Waals surface area contributed by atoms with Crippen LogP contribution in [0.1, 0.15) is 54.4 Å². The molecule has 6 nitrogen and oxygen atoms in total. The van der Waals surface area contributed by atoms with E-state index < -0.39 is 0 Å². The zero-order chi connectivity index (χ0) is 18.2. The normalized spacial score (nSPS) is 19.0. The minimum atomic E-state index is -0.224. The standard InChI is InChI=1S/C18H37N5O/c1-7-19-17(21-13-16(24)22-18(4,5)6)20-12-15(3)23-10-8-14(2)9-11-23/h14-15H,7-13H2,1-6H3,(H,22,24)(H2,19,20,21). The lowest BCUT2D eigenvalue weighted by molar-refractivity contribution is -0.121. The lowest BCUT2D eigenvalue weighted by Gasteiger charge is -2.35. The first-order valence-electron chi connectivity index (χ1n) is 9.28. The number of piperidine rings is 1. The zero-order valence-electron chi connectivity index (χ0n) is 16.4. The summed E-state index contributed by atoms with van der Waals surface area (Å²) in [7, 11) is 0. The highest BCUT2D eigenvalue weighted by Gasteiger charge is 2.20. The highest BCUT2D eigenvalue weighted by Crippen LogP contribution is 2.17. The monoisotopic (exact) mass is 339 g/mol. The summed E-state index contributed by atoms with van der Waals surface area (Å²) in [5, 5.41) is 9.50. The van der Waals surface area contributed by atoms with Gasteiger partial charge in [-0.15, -0.1) is 0 Å². The Kier molecular flexibility index (Phi) is 8.53. The van der Waals surface area contributed by atoms with Gasteiger partial charge in [0.1, 0.15) is 6.54 Å². The summed E-state index contributed by atoms with van der Waals surface area (Å²) in [6, 6.07) is 0.463. The van der Waals surface area contributed by atoms with Crippen LogP contribution in [-0.2, 0) is 4.79 Å². The van der Waals surface area contributed by atoms with Crippen LogP contribution in [0, 0.1) is 5.92 Å². The van der Waals surface area contributed by atoms with Gasteiger partial charge in [-0.2, -0.15) is 0 Å². The van der Waals surface area contributed by atoms with Crippen molar-refractivity contribution in [3.05, 3.63) is 0 Å². The lowest BCUT2D eigenvalue weighted by atomic mass is 9.98. The molecule has 0 aromatic carbocycles. The van der Waals surface area contributed by atoms with Gasteiger partial charge in [-0.1, -0.05) is 6.92 Å². The summed E-state index contributed by atoms with van der Waals surface area (Å²) in [6.45, 7) is 16.6. The molecule has 1 saturated heterocycles. The summed E-state index contributed by atoms with van der Waals surface area (Å²) in [5.74, 6) is 1.50. The quantitative estimate of drug-likeness (QED) is 0.508. The van der Waals surface area contributed by atoms with Gasteiger partial charge in [0.05, 0.1) is 0 Å². The number of nitrogens with one attached hydrogen (secondary N) is 3. The van der Waals surface area contributed by atoms with Crippen LogP contribution in [0.4, 0.5) is 0 Å². The van der Waals surface area contributed by atoms with Crippen molar-refractivity contribution in [1.82, 2.24) is 20.9 Å². The Morgan fingerprint density at radius 2 is 1.88 bits per heavy atom. The molecule has 1 heterocycles. The lowest BCUT2D eigenvalue weighted by Crippen LogP contribution is -2.48. The molecule has 140 valence electrons. The summed E-state index contributed by atoms with van der Waals surface area (Å²) in [6.07, 6.45) is 2.57. The van der Waals surface area contributed by atoms with Gasteiger partial charge in [0, 0.05) is 24.7 Å². The van der Waals surface area contributed by atoms with Gasteiger partial charge in [0.25, 0.3) is 0 Å². The van der Waals surface area contributed by atoms with Crippen molar-refractivity contribution in [2.45, 2.75) is 66.0 Å². The number of carbonyl (C=O) groups is 1. The molecule has 0 aliphatic carbocycles. The third-order valence-electron chi connectivity index (χ3n) is 4.25. The van der Waals surface area contributed by atoms with E-state index >= 15 is 0 Å². The molecule has 1 atom stereocenters. The maximum atomic E-state index is 11.9. The molecule has 1 fully saturated rings. The van der Waals surface area contributed by atoms with Crippen molar-refractivity contribution in [2.24, 2.45) is 10.9 Å². The van der Waals surface area contributed by atoms with E-state index in [0.29, 0.717) is 12.0 Å². The first-order chi connectivity index (χ1) is 11.2. The number of amides is 1. The van der Waals surface area contributed by atoms with Crippen molar-refractivity contribution in [1.29, 1.82) is 0 Å². The topological polar surface area (TPSA) is 68.8 Å². The zero-order valence-corrected chi connectivity index (χ0v) is 16.4. The molecule has 1 rings (SSSR count). The predicted octanol–water partition coefficient (Wildman–Crippen LogP) is 1.58. The smallest absolute Gasteiger partial charge is 0.242 e. The van der Waals surface area contributed by atoms with Crippen LogP contribution in [0.25, 0.3) is 0 Å². The number of hydrogen-bond acceptors (Lipinski definition) is 3. The number of rotatable bonds is 6.